The topological polar surface area (TPSA) is 40.5 Å². The van der Waals surface area contributed by atoms with Gasteiger partial charge < -0.3 is 10.0 Å². The molecule has 1 aliphatic heterocycles. The van der Waals surface area contributed by atoms with Crippen LogP contribution in [0, 0.1) is 11.7 Å². The number of halogens is 1. The minimum atomic E-state index is -1.11. The molecule has 3 rings (SSSR count). The zero-order valence-corrected chi connectivity index (χ0v) is 11.7. The van der Waals surface area contributed by atoms with E-state index < -0.39 is 11.8 Å². The van der Waals surface area contributed by atoms with Crippen LogP contribution in [0.2, 0.25) is 0 Å². The molecule has 1 atom stereocenters. The van der Waals surface area contributed by atoms with Crippen molar-refractivity contribution in [2.75, 3.05) is 11.4 Å². The van der Waals surface area contributed by atoms with Crippen molar-refractivity contribution in [3.05, 3.63) is 59.4 Å². The van der Waals surface area contributed by atoms with Crippen LogP contribution in [-0.4, -0.2) is 17.6 Å². The van der Waals surface area contributed by atoms with Crippen LogP contribution in [0.4, 0.5) is 15.8 Å². The zero-order valence-electron chi connectivity index (χ0n) is 11.7. The lowest BCUT2D eigenvalue weighted by Crippen LogP contribution is -2.31. The van der Waals surface area contributed by atoms with Crippen molar-refractivity contribution >= 4 is 17.3 Å². The van der Waals surface area contributed by atoms with E-state index in [1.165, 1.54) is 11.6 Å². The van der Waals surface area contributed by atoms with Gasteiger partial charge >= 0.3 is 5.97 Å². The van der Waals surface area contributed by atoms with Crippen molar-refractivity contribution in [2.45, 2.75) is 13.3 Å². The van der Waals surface area contributed by atoms with E-state index in [2.05, 4.69) is 13.0 Å². The highest BCUT2D eigenvalue weighted by Crippen LogP contribution is 2.37. The van der Waals surface area contributed by atoms with E-state index in [1.54, 1.807) is 6.07 Å². The first-order valence-electron chi connectivity index (χ1n) is 6.94. The summed E-state index contributed by atoms with van der Waals surface area (Å²) < 4.78 is 13.4. The third kappa shape index (κ3) is 2.49. The highest BCUT2D eigenvalue weighted by molar-refractivity contribution is 5.96. The first kappa shape index (κ1) is 13.6. The normalized spacial score (nSPS) is 17.4. The monoisotopic (exact) mass is 285 g/mol. The number of carboxylic acids is 1. The Morgan fingerprint density at radius 3 is 2.76 bits per heavy atom. The third-order valence-corrected chi connectivity index (χ3v) is 3.82. The summed E-state index contributed by atoms with van der Waals surface area (Å²) in [4.78, 5) is 13.4. The van der Waals surface area contributed by atoms with Crippen LogP contribution in [-0.2, 0) is 6.42 Å². The van der Waals surface area contributed by atoms with Gasteiger partial charge in [0.2, 0.25) is 0 Å². The van der Waals surface area contributed by atoms with Crippen LogP contribution in [0.25, 0.3) is 0 Å². The summed E-state index contributed by atoms with van der Waals surface area (Å²) in [5.74, 6) is -1.23. The number of carbonyl (C=O) groups is 1. The van der Waals surface area contributed by atoms with Crippen LogP contribution in [0.1, 0.15) is 22.8 Å². The molecule has 1 N–H and O–H groups in total. The lowest BCUT2D eigenvalue weighted by Gasteiger charge is -2.35. The van der Waals surface area contributed by atoms with Crippen molar-refractivity contribution in [3.63, 3.8) is 0 Å². The molecule has 3 nitrogen and oxygen atoms in total. The average molecular weight is 285 g/mol. The molecule has 0 bridgehead atoms. The number of benzene rings is 2. The van der Waals surface area contributed by atoms with Gasteiger partial charge in [-0.3, -0.25) is 0 Å². The lowest BCUT2D eigenvalue weighted by atomic mass is 9.93. The van der Waals surface area contributed by atoms with E-state index >= 15 is 0 Å². The Hall–Kier alpha value is -2.36. The Morgan fingerprint density at radius 2 is 2.00 bits per heavy atom. The summed E-state index contributed by atoms with van der Waals surface area (Å²) in [6, 6.07) is 11.9. The van der Waals surface area contributed by atoms with Gasteiger partial charge in [0.15, 0.2) is 0 Å². The molecule has 0 spiro atoms. The van der Waals surface area contributed by atoms with E-state index in [-0.39, 0.29) is 5.56 Å². The number of aromatic carboxylic acids is 1. The predicted octanol–water partition coefficient (Wildman–Crippen LogP) is 3.85. The van der Waals surface area contributed by atoms with Gasteiger partial charge in [0.25, 0.3) is 0 Å². The van der Waals surface area contributed by atoms with E-state index in [0.717, 1.165) is 24.7 Å². The molecule has 0 aliphatic carbocycles. The Morgan fingerprint density at radius 1 is 1.24 bits per heavy atom. The summed E-state index contributed by atoms with van der Waals surface area (Å²) in [7, 11) is 0. The van der Waals surface area contributed by atoms with E-state index in [4.69, 9.17) is 0 Å². The molecule has 2 aromatic rings. The van der Waals surface area contributed by atoms with Gasteiger partial charge in [-0.25, -0.2) is 9.18 Å². The molecule has 0 amide bonds. The SMILES string of the molecule is CC1Cc2ccccc2N(c2ccc(F)cc2C(=O)O)C1. The number of nitrogens with zero attached hydrogens (tertiary/aromatic N) is 1. The van der Waals surface area contributed by atoms with Gasteiger partial charge in [-0.05, 0) is 42.2 Å². The summed E-state index contributed by atoms with van der Waals surface area (Å²) in [5.41, 5.74) is 2.74. The lowest BCUT2D eigenvalue weighted by molar-refractivity contribution is 0.0697. The molecule has 1 unspecified atom stereocenters. The van der Waals surface area contributed by atoms with E-state index in [1.807, 2.05) is 23.1 Å². The molecular formula is C17H16FNO2. The number of fused-ring (bicyclic) bond motifs is 1. The molecule has 0 saturated heterocycles. The van der Waals surface area contributed by atoms with Gasteiger partial charge in [-0.1, -0.05) is 25.1 Å². The van der Waals surface area contributed by atoms with E-state index in [0.29, 0.717) is 11.6 Å². The van der Waals surface area contributed by atoms with Crippen LogP contribution < -0.4 is 4.90 Å². The Labute approximate surface area is 122 Å². The molecule has 108 valence electrons. The molecule has 1 heterocycles. The number of hydrogen-bond acceptors (Lipinski definition) is 2. The van der Waals surface area contributed by atoms with Crippen molar-refractivity contribution in [1.29, 1.82) is 0 Å². The first-order chi connectivity index (χ1) is 10.1. The number of hydrogen-bond donors (Lipinski definition) is 1. The minimum Gasteiger partial charge on any atom is -0.478 e. The maximum atomic E-state index is 13.4. The maximum Gasteiger partial charge on any atom is 0.337 e. The molecule has 1 aliphatic rings. The quantitative estimate of drug-likeness (QED) is 0.911. The molecule has 2 aromatic carbocycles. The highest BCUT2D eigenvalue weighted by atomic mass is 19.1. The van der Waals surface area contributed by atoms with Crippen LogP contribution in [0.5, 0.6) is 0 Å². The fraction of sp³-hybridized carbons (Fsp3) is 0.235. The fourth-order valence-corrected chi connectivity index (χ4v) is 2.94. The molecule has 0 radical (unpaired) electrons. The molecule has 0 saturated carbocycles. The second-order valence-corrected chi connectivity index (χ2v) is 5.52. The molecule has 21 heavy (non-hydrogen) atoms. The second-order valence-electron chi connectivity index (χ2n) is 5.52. The molecule has 4 heteroatoms. The minimum absolute atomic E-state index is 0.00102. The van der Waals surface area contributed by atoms with Gasteiger partial charge in [-0.2, -0.15) is 0 Å². The standard InChI is InChI=1S/C17H16FNO2/c1-11-8-12-4-2-3-5-15(12)19(10-11)16-7-6-13(18)9-14(16)17(20)21/h2-7,9,11H,8,10H2,1H3,(H,20,21). The molecule has 0 fully saturated rings. The smallest absolute Gasteiger partial charge is 0.337 e. The number of para-hydroxylation sites is 1. The third-order valence-electron chi connectivity index (χ3n) is 3.82. The fourth-order valence-electron chi connectivity index (χ4n) is 2.94. The van der Waals surface area contributed by atoms with E-state index in [9.17, 15) is 14.3 Å². The Kier molecular flexibility index (Phi) is 3.37. The average Bonchev–Trinajstić information content (AvgIpc) is 2.46. The highest BCUT2D eigenvalue weighted by Gasteiger charge is 2.25. The van der Waals surface area contributed by atoms with Gasteiger partial charge in [0, 0.05) is 12.2 Å². The molecule has 0 aromatic heterocycles. The summed E-state index contributed by atoms with van der Waals surface area (Å²) in [6.07, 6.45) is 0.969. The largest absolute Gasteiger partial charge is 0.478 e. The van der Waals surface area contributed by atoms with Crippen molar-refractivity contribution in [2.24, 2.45) is 5.92 Å². The Balaban J connectivity index is 2.15. The summed E-state index contributed by atoms with van der Waals surface area (Å²) in [6.45, 7) is 2.86. The van der Waals surface area contributed by atoms with Crippen molar-refractivity contribution in [3.8, 4) is 0 Å². The number of rotatable bonds is 2. The predicted molar refractivity (Wildman–Crippen MR) is 79.7 cm³/mol. The van der Waals surface area contributed by atoms with Crippen molar-refractivity contribution < 1.29 is 14.3 Å². The second kappa shape index (κ2) is 5.20. The summed E-state index contributed by atoms with van der Waals surface area (Å²) >= 11 is 0. The van der Waals surface area contributed by atoms with Crippen LogP contribution in [0.3, 0.4) is 0 Å². The number of carboxylic acid groups (broad SMARTS) is 1. The van der Waals surface area contributed by atoms with Crippen molar-refractivity contribution in [1.82, 2.24) is 0 Å². The Bertz CT molecular complexity index is 699. The van der Waals surface area contributed by atoms with Gasteiger partial charge in [0.05, 0.1) is 11.3 Å². The molecular weight excluding hydrogens is 269 g/mol. The maximum absolute atomic E-state index is 13.4. The van der Waals surface area contributed by atoms with Gasteiger partial charge in [-0.15, -0.1) is 0 Å². The zero-order chi connectivity index (χ0) is 15.0. The van der Waals surface area contributed by atoms with Crippen LogP contribution in [0.15, 0.2) is 42.5 Å². The number of anilines is 2. The van der Waals surface area contributed by atoms with Gasteiger partial charge in [0.1, 0.15) is 5.82 Å². The first-order valence-corrected chi connectivity index (χ1v) is 6.94. The van der Waals surface area contributed by atoms with Crippen LogP contribution >= 0.6 is 0 Å². The summed E-state index contributed by atoms with van der Waals surface area (Å²) in [5, 5.41) is 9.34.